The van der Waals surface area contributed by atoms with Crippen LogP contribution in [0.2, 0.25) is 0 Å². The van der Waals surface area contributed by atoms with Crippen molar-refractivity contribution in [1.82, 2.24) is 4.90 Å². The van der Waals surface area contributed by atoms with Crippen LogP contribution in [0.3, 0.4) is 0 Å². The number of fused-ring (bicyclic) bond motifs is 1. The Morgan fingerprint density at radius 1 is 1.42 bits per heavy atom. The van der Waals surface area contributed by atoms with E-state index in [0.29, 0.717) is 17.9 Å². The van der Waals surface area contributed by atoms with Gasteiger partial charge in [-0.15, -0.1) is 11.8 Å². The Balaban J connectivity index is 1.55. The molecule has 128 valence electrons. The number of anilines is 1. The van der Waals surface area contributed by atoms with Crippen molar-refractivity contribution in [3.05, 3.63) is 29.8 Å². The van der Waals surface area contributed by atoms with Gasteiger partial charge in [0, 0.05) is 17.9 Å². The molecular formula is C17H20N2O4S. The quantitative estimate of drug-likeness (QED) is 0.842. The third kappa shape index (κ3) is 3.13. The van der Waals surface area contributed by atoms with Crippen molar-refractivity contribution >= 4 is 35.2 Å². The second kappa shape index (κ2) is 6.47. The monoisotopic (exact) mass is 348 g/mol. The summed E-state index contributed by atoms with van der Waals surface area (Å²) in [5, 5.41) is 2.72. The number of esters is 1. The number of ether oxygens (including phenoxy) is 1. The maximum absolute atomic E-state index is 12.3. The number of thioether (sulfide) groups is 1. The normalized spacial score (nSPS) is 25.5. The smallest absolute Gasteiger partial charge is 0.330 e. The number of aryl methyl sites for hydroxylation is 1. The highest BCUT2D eigenvalue weighted by molar-refractivity contribution is 8.01. The topological polar surface area (TPSA) is 75.7 Å². The van der Waals surface area contributed by atoms with E-state index in [-0.39, 0.29) is 23.3 Å². The maximum Gasteiger partial charge on any atom is 0.330 e. The van der Waals surface area contributed by atoms with Gasteiger partial charge in [0.25, 0.3) is 5.91 Å². The lowest BCUT2D eigenvalue weighted by Gasteiger charge is -2.29. The van der Waals surface area contributed by atoms with Crippen molar-refractivity contribution in [3.63, 3.8) is 0 Å². The van der Waals surface area contributed by atoms with E-state index in [9.17, 15) is 14.4 Å². The minimum absolute atomic E-state index is 0.0196. The van der Waals surface area contributed by atoms with Crippen molar-refractivity contribution in [1.29, 1.82) is 0 Å². The van der Waals surface area contributed by atoms with Crippen molar-refractivity contribution in [2.45, 2.75) is 37.6 Å². The van der Waals surface area contributed by atoms with Crippen LogP contribution in [-0.2, 0) is 19.1 Å². The summed E-state index contributed by atoms with van der Waals surface area (Å²) in [5.74, 6) is -0.408. The molecule has 0 radical (unpaired) electrons. The highest BCUT2D eigenvalue weighted by Gasteiger charge is 2.53. The van der Waals surface area contributed by atoms with Gasteiger partial charge < -0.3 is 15.0 Å². The third-order valence-electron chi connectivity index (χ3n) is 4.48. The first-order valence-electron chi connectivity index (χ1n) is 7.89. The predicted octanol–water partition coefficient (Wildman–Crippen LogP) is 1.93. The number of benzene rings is 1. The molecule has 1 N–H and O–H groups in total. The maximum atomic E-state index is 12.3. The second-order valence-corrected chi connectivity index (χ2v) is 7.74. The van der Waals surface area contributed by atoms with Crippen LogP contribution >= 0.6 is 11.8 Å². The van der Waals surface area contributed by atoms with Crippen molar-refractivity contribution in [3.8, 4) is 0 Å². The molecule has 2 fully saturated rings. The first-order chi connectivity index (χ1) is 11.4. The SMILES string of the molecule is Cc1ccccc1NC(=O)COC(=O)[C@H]1CS[C@@]2(C)CCC(=O)N12. The van der Waals surface area contributed by atoms with Crippen LogP contribution in [-0.4, -0.2) is 46.0 Å². The third-order valence-corrected chi connectivity index (χ3v) is 5.99. The van der Waals surface area contributed by atoms with Crippen LogP contribution in [0.15, 0.2) is 24.3 Å². The van der Waals surface area contributed by atoms with Crippen LogP contribution in [0.5, 0.6) is 0 Å². The van der Waals surface area contributed by atoms with Gasteiger partial charge in [0.2, 0.25) is 5.91 Å². The lowest BCUT2D eigenvalue weighted by molar-refractivity contribution is -0.155. The van der Waals surface area contributed by atoms with Gasteiger partial charge >= 0.3 is 5.97 Å². The van der Waals surface area contributed by atoms with Gasteiger partial charge in [0.15, 0.2) is 6.61 Å². The number of carbonyl (C=O) groups is 3. The Morgan fingerprint density at radius 3 is 2.92 bits per heavy atom. The first kappa shape index (κ1) is 16.8. The molecule has 0 unspecified atom stereocenters. The lowest BCUT2D eigenvalue weighted by Crippen LogP contribution is -2.47. The van der Waals surface area contributed by atoms with E-state index in [2.05, 4.69) is 5.32 Å². The fraction of sp³-hybridized carbons (Fsp3) is 0.471. The predicted molar refractivity (Wildman–Crippen MR) is 91.5 cm³/mol. The molecule has 1 aromatic rings. The molecule has 0 saturated carbocycles. The van der Waals surface area contributed by atoms with Crippen LogP contribution < -0.4 is 5.32 Å². The van der Waals surface area contributed by atoms with Crippen molar-refractivity contribution in [2.75, 3.05) is 17.7 Å². The minimum Gasteiger partial charge on any atom is -0.454 e. The van der Waals surface area contributed by atoms with Gasteiger partial charge in [0.1, 0.15) is 6.04 Å². The summed E-state index contributed by atoms with van der Waals surface area (Å²) < 4.78 is 5.14. The van der Waals surface area contributed by atoms with Crippen molar-refractivity contribution in [2.24, 2.45) is 0 Å². The molecule has 2 saturated heterocycles. The Hall–Kier alpha value is -2.02. The highest BCUT2D eigenvalue weighted by atomic mass is 32.2. The molecule has 0 spiro atoms. The average molecular weight is 348 g/mol. The van der Waals surface area contributed by atoms with E-state index in [4.69, 9.17) is 4.74 Å². The summed E-state index contributed by atoms with van der Waals surface area (Å²) in [6.45, 7) is 3.50. The molecule has 0 aromatic heterocycles. The molecule has 3 rings (SSSR count). The average Bonchev–Trinajstić information content (AvgIpc) is 3.04. The minimum atomic E-state index is -0.596. The molecule has 6 nitrogen and oxygen atoms in total. The van der Waals surface area contributed by atoms with Gasteiger partial charge in [0.05, 0.1) is 4.87 Å². The molecule has 2 aliphatic heterocycles. The molecule has 2 atom stereocenters. The summed E-state index contributed by atoms with van der Waals surface area (Å²) in [6, 6.07) is 6.78. The Kier molecular flexibility index (Phi) is 4.54. The first-order valence-corrected chi connectivity index (χ1v) is 8.87. The van der Waals surface area contributed by atoms with Gasteiger partial charge in [-0.2, -0.15) is 0 Å². The Labute approximate surface area is 144 Å². The standard InChI is InChI=1S/C17H20N2O4S/c1-11-5-3-4-6-12(11)18-14(20)9-23-16(22)13-10-24-17(2)8-7-15(21)19(13)17/h3-6,13H,7-10H2,1-2H3,(H,18,20)/t13-,17+/m1/s1. The van der Waals surface area contributed by atoms with E-state index >= 15 is 0 Å². The number of rotatable bonds is 4. The number of nitrogens with zero attached hydrogens (tertiary/aromatic N) is 1. The number of amides is 2. The van der Waals surface area contributed by atoms with Crippen LogP contribution in [0, 0.1) is 6.92 Å². The fourth-order valence-corrected chi connectivity index (χ4v) is 4.54. The van der Waals surface area contributed by atoms with Crippen molar-refractivity contribution < 1.29 is 19.1 Å². The largest absolute Gasteiger partial charge is 0.454 e. The van der Waals surface area contributed by atoms with Gasteiger partial charge in [-0.05, 0) is 31.9 Å². The number of hydrogen-bond acceptors (Lipinski definition) is 5. The van der Waals surface area contributed by atoms with Crippen LogP contribution in [0.4, 0.5) is 5.69 Å². The van der Waals surface area contributed by atoms with Gasteiger partial charge in [-0.3, -0.25) is 9.59 Å². The molecule has 2 heterocycles. The van der Waals surface area contributed by atoms with E-state index in [1.54, 1.807) is 22.7 Å². The molecule has 24 heavy (non-hydrogen) atoms. The fourth-order valence-electron chi connectivity index (χ4n) is 3.13. The summed E-state index contributed by atoms with van der Waals surface area (Å²) in [7, 11) is 0. The molecule has 7 heteroatoms. The van der Waals surface area contributed by atoms with Gasteiger partial charge in [-0.1, -0.05) is 18.2 Å². The molecule has 0 aliphatic carbocycles. The second-order valence-electron chi connectivity index (χ2n) is 6.24. The molecule has 2 amide bonds. The number of carbonyl (C=O) groups excluding carboxylic acids is 3. The zero-order chi connectivity index (χ0) is 17.3. The molecule has 0 bridgehead atoms. The summed E-state index contributed by atoms with van der Waals surface area (Å²) in [5.41, 5.74) is 1.63. The van der Waals surface area contributed by atoms with E-state index in [1.807, 2.05) is 32.0 Å². The van der Waals surface area contributed by atoms with Crippen LogP contribution in [0.25, 0.3) is 0 Å². The van der Waals surface area contributed by atoms with Gasteiger partial charge in [-0.25, -0.2) is 4.79 Å². The summed E-state index contributed by atoms with van der Waals surface area (Å²) in [4.78, 5) is 37.6. The number of hydrogen-bond donors (Lipinski definition) is 1. The summed E-state index contributed by atoms with van der Waals surface area (Å²) >= 11 is 1.60. The van der Waals surface area contributed by atoms with E-state index in [0.717, 1.165) is 12.0 Å². The lowest BCUT2D eigenvalue weighted by atomic mass is 10.2. The molecule has 1 aromatic carbocycles. The number of para-hydroxylation sites is 1. The summed E-state index contributed by atoms with van der Waals surface area (Å²) in [6.07, 6.45) is 1.20. The zero-order valence-electron chi connectivity index (χ0n) is 13.7. The highest BCUT2D eigenvalue weighted by Crippen LogP contribution is 2.47. The molecular weight excluding hydrogens is 328 g/mol. The number of nitrogens with one attached hydrogen (secondary N) is 1. The van der Waals surface area contributed by atoms with E-state index in [1.165, 1.54) is 0 Å². The Bertz CT molecular complexity index is 693. The Morgan fingerprint density at radius 2 is 2.17 bits per heavy atom. The zero-order valence-corrected chi connectivity index (χ0v) is 14.5. The molecule has 2 aliphatic rings. The van der Waals surface area contributed by atoms with E-state index < -0.39 is 12.0 Å². The van der Waals surface area contributed by atoms with Crippen LogP contribution in [0.1, 0.15) is 25.3 Å².